The first-order chi connectivity index (χ1) is 15.0. The molecule has 0 atom stereocenters. The van der Waals surface area contributed by atoms with Crippen molar-refractivity contribution in [2.45, 2.75) is 6.92 Å². The lowest BCUT2D eigenvalue weighted by atomic mass is 10.2. The van der Waals surface area contributed by atoms with Gasteiger partial charge in [-0.2, -0.15) is 0 Å². The van der Waals surface area contributed by atoms with Crippen LogP contribution in [-0.4, -0.2) is 43.6 Å². The smallest absolute Gasteiger partial charge is 0.260 e. The van der Waals surface area contributed by atoms with Gasteiger partial charge in [0.15, 0.2) is 6.61 Å². The van der Waals surface area contributed by atoms with E-state index in [0.717, 1.165) is 18.8 Å². The Kier molecular flexibility index (Phi) is 8.46. The monoisotopic (exact) mass is 454 g/mol. The van der Waals surface area contributed by atoms with Crippen LogP contribution in [0.5, 0.6) is 5.75 Å². The summed E-state index contributed by atoms with van der Waals surface area (Å²) in [6, 6.07) is 26.2. The third-order valence-corrected chi connectivity index (χ3v) is 5.34. The third kappa shape index (κ3) is 7.10. The van der Waals surface area contributed by atoms with Gasteiger partial charge in [-0.15, -0.1) is 0 Å². The maximum Gasteiger partial charge on any atom is 0.260 e. The summed E-state index contributed by atoms with van der Waals surface area (Å²) >= 11 is 12.2. The van der Waals surface area contributed by atoms with Gasteiger partial charge in [0.1, 0.15) is 5.75 Å². The van der Waals surface area contributed by atoms with Crippen molar-refractivity contribution < 1.29 is 9.53 Å². The predicted molar refractivity (Wildman–Crippen MR) is 126 cm³/mol. The molecule has 1 aliphatic heterocycles. The van der Waals surface area contributed by atoms with Crippen LogP contribution in [0.4, 0.5) is 5.69 Å². The number of carbonyl (C=O) groups is 1. The predicted octanol–water partition coefficient (Wildman–Crippen LogP) is 5.32. The maximum absolute atomic E-state index is 12.3. The zero-order valence-electron chi connectivity index (χ0n) is 17.4. The first-order valence-corrected chi connectivity index (χ1v) is 10.8. The van der Waals surface area contributed by atoms with Crippen LogP contribution < -0.4 is 9.64 Å². The molecule has 4 nitrogen and oxygen atoms in total. The molecule has 0 aromatic heterocycles. The van der Waals surface area contributed by atoms with E-state index in [1.165, 1.54) is 5.56 Å². The van der Waals surface area contributed by atoms with E-state index >= 15 is 0 Å². The maximum atomic E-state index is 12.3. The van der Waals surface area contributed by atoms with Gasteiger partial charge in [-0.1, -0.05) is 59.6 Å². The van der Waals surface area contributed by atoms with Gasteiger partial charge in [-0.05, 0) is 55.0 Å². The Morgan fingerprint density at radius 1 is 1.00 bits per heavy atom. The third-order valence-electron chi connectivity index (χ3n) is 4.80. The van der Waals surface area contributed by atoms with Crippen LogP contribution >= 0.6 is 23.2 Å². The van der Waals surface area contributed by atoms with Gasteiger partial charge in [0, 0.05) is 31.2 Å². The van der Waals surface area contributed by atoms with Gasteiger partial charge in [-0.25, -0.2) is 0 Å². The van der Waals surface area contributed by atoms with Crippen molar-refractivity contribution >= 4 is 34.8 Å². The Bertz CT molecular complexity index is 960. The number of amides is 1. The summed E-state index contributed by atoms with van der Waals surface area (Å²) in [7, 11) is 0. The van der Waals surface area contributed by atoms with Crippen LogP contribution in [0.2, 0.25) is 10.0 Å². The van der Waals surface area contributed by atoms with E-state index in [2.05, 4.69) is 17.0 Å². The van der Waals surface area contributed by atoms with Crippen LogP contribution in [0, 0.1) is 19.1 Å². The van der Waals surface area contributed by atoms with Crippen molar-refractivity contribution in [2.75, 3.05) is 37.7 Å². The summed E-state index contributed by atoms with van der Waals surface area (Å²) in [5, 5.41) is 1.25. The molecule has 0 N–H and O–H groups in total. The van der Waals surface area contributed by atoms with Crippen LogP contribution in [0.15, 0.2) is 66.7 Å². The van der Waals surface area contributed by atoms with Gasteiger partial charge in [-0.3, -0.25) is 4.79 Å². The Morgan fingerprint density at radius 3 is 2.32 bits per heavy atom. The van der Waals surface area contributed by atoms with Crippen molar-refractivity contribution in [3.05, 3.63) is 94.5 Å². The van der Waals surface area contributed by atoms with Gasteiger partial charge in [0.05, 0.1) is 10.7 Å². The van der Waals surface area contributed by atoms with Gasteiger partial charge >= 0.3 is 0 Å². The molecular weight excluding hydrogens is 431 g/mol. The van der Waals surface area contributed by atoms with Crippen LogP contribution in [0.3, 0.4) is 0 Å². The average molecular weight is 455 g/mol. The second kappa shape index (κ2) is 11.5. The van der Waals surface area contributed by atoms with Crippen LogP contribution in [0.1, 0.15) is 5.56 Å². The number of halogens is 2. The molecule has 3 aromatic rings. The molecule has 0 aliphatic carbocycles. The minimum atomic E-state index is 0.000654. The van der Waals surface area contributed by atoms with Gasteiger partial charge < -0.3 is 14.5 Å². The van der Waals surface area contributed by atoms with Crippen LogP contribution in [0.25, 0.3) is 0 Å². The number of para-hydroxylation sites is 1. The first-order valence-electron chi connectivity index (χ1n) is 10.0. The van der Waals surface area contributed by atoms with E-state index in [1.54, 1.807) is 6.07 Å². The summed E-state index contributed by atoms with van der Waals surface area (Å²) in [6.45, 7) is 4.86. The minimum Gasteiger partial charge on any atom is -0.484 e. The molecule has 1 amide bonds. The number of benzene rings is 2. The largest absolute Gasteiger partial charge is 0.484 e. The number of anilines is 1. The standard InChI is InChI=1S/C18H18Cl2N2O2.C7H6/c19-14-6-7-17(16(20)12-14)21-8-10-22(11-9-21)18(23)13-24-15-4-2-1-3-5-15;1-7-5-3-2-4-6-7/h1-7,12H,8-11,13H2;3,5-6H,1H3. The summed E-state index contributed by atoms with van der Waals surface area (Å²) in [6.07, 6.45) is 0. The highest BCUT2D eigenvalue weighted by Gasteiger charge is 2.22. The van der Waals surface area contributed by atoms with Crippen LogP contribution in [-0.2, 0) is 4.79 Å². The molecule has 1 aliphatic rings. The van der Waals surface area contributed by atoms with Crippen molar-refractivity contribution in [1.82, 2.24) is 4.90 Å². The number of ether oxygens (including phenoxy) is 1. The zero-order chi connectivity index (χ0) is 22.1. The summed E-state index contributed by atoms with van der Waals surface area (Å²) < 4.78 is 5.52. The molecule has 0 unspecified atom stereocenters. The highest BCUT2D eigenvalue weighted by atomic mass is 35.5. The molecule has 160 valence electrons. The Labute approximate surface area is 194 Å². The molecule has 4 rings (SSSR count). The minimum absolute atomic E-state index is 0.000654. The zero-order valence-corrected chi connectivity index (χ0v) is 18.9. The fraction of sp³-hybridized carbons (Fsp3) is 0.240. The Balaban J connectivity index is 0.000000330. The van der Waals surface area contributed by atoms with E-state index in [1.807, 2.05) is 72.5 Å². The lowest BCUT2D eigenvalue weighted by Gasteiger charge is -2.36. The van der Waals surface area contributed by atoms with E-state index in [4.69, 9.17) is 27.9 Å². The normalized spacial score (nSPS) is 13.0. The highest BCUT2D eigenvalue weighted by molar-refractivity contribution is 6.36. The number of hydrogen-bond donors (Lipinski definition) is 0. The number of nitrogens with zero attached hydrogens (tertiary/aromatic N) is 2. The summed E-state index contributed by atoms with van der Waals surface area (Å²) in [5.41, 5.74) is 2.19. The van der Waals surface area contributed by atoms with E-state index < -0.39 is 0 Å². The Hall–Kier alpha value is -2.87. The highest BCUT2D eigenvalue weighted by Crippen LogP contribution is 2.29. The molecule has 31 heavy (non-hydrogen) atoms. The molecular formula is C25H24Cl2N2O2. The van der Waals surface area contributed by atoms with Crippen molar-refractivity contribution in [2.24, 2.45) is 0 Å². The number of piperazine rings is 1. The fourth-order valence-electron chi connectivity index (χ4n) is 3.11. The van der Waals surface area contributed by atoms with E-state index in [0.29, 0.717) is 28.9 Å². The molecule has 0 saturated carbocycles. The lowest BCUT2D eigenvalue weighted by Crippen LogP contribution is -2.50. The average Bonchev–Trinajstić information content (AvgIpc) is 2.79. The number of aryl methyl sites for hydroxylation is 1. The SMILES string of the molecule is Cc1cc#ccc1.O=C(COc1ccccc1)N1CCN(c2ccc(Cl)cc2Cl)CC1. The van der Waals surface area contributed by atoms with Gasteiger partial charge in [0.25, 0.3) is 5.91 Å². The Morgan fingerprint density at radius 2 is 1.74 bits per heavy atom. The molecule has 6 heteroatoms. The number of hydrogen-bond acceptors (Lipinski definition) is 3. The number of carbonyl (C=O) groups excluding carboxylic acids is 1. The van der Waals surface area contributed by atoms with E-state index in [-0.39, 0.29) is 12.5 Å². The molecule has 3 aromatic carbocycles. The van der Waals surface area contributed by atoms with E-state index in [9.17, 15) is 4.79 Å². The second-order valence-electron chi connectivity index (χ2n) is 7.08. The van der Waals surface area contributed by atoms with Gasteiger partial charge in [0.2, 0.25) is 0 Å². The van der Waals surface area contributed by atoms with Crippen molar-refractivity contribution in [3.8, 4) is 5.75 Å². The topological polar surface area (TPSA) is 32.8 Å². The van der Waals surface area contributed by atoms with Crippen molar-refractivity contribution in [1.29, 1.82) is 0 Å². The second-order valence-corrected chi connectivity index (χ2v) is 7.92. The lowest BCUT2D eigenvalue weighted by molar-refractivity contribution is -0.133. The summed E-state index contributed by atoms with van der Waals surface area (Å²) in [4.78, 5) is 16.3. The van der Waals surface area contributed by atoms with Crippen molar-refractivity contribution in [3.63, 3.8) is 0 Å². The molecule has 0 radical (unpaired) electrons. The molecule has 0 spiro atoms. The molecule has 1 saturated heterocycles. The first kappa shape index (κ1) is 22.8. The number of rotatable bonds is 4. The molecule has 1 fully saturated rings. The molecule has 1 heterocycles. The molecule has 0 bridgehead atoms. The quantitative estimate of drug-likeness (QED) is 0.534. The fourth-order valence-corrected chi connectivity index (χ4v) is 3.64. The summed E-state index contributed by atoms with van der Waals surface area (Å²) in [5.74, 6) is 0.707.